The predicted octanol–water partition coefficient (Wildman–Crippen LogP) is 3.94. The molecule has 0 aliphatic carbocycles. The lowest BCUT2D eigenvalue weighted by Crippen LogP contribution is -1.95. The Kier molecular flexibility index (Phi) is 5.50. The van der Waals surface area contributed by atoms with Gasteiger partial charge in [-0.2, -0.15) is 0 Å². The Labute approximate surface area is 114 Å². The largest absolute Gasteiger partial charge is 0.288 e. The second kappa shape index (κ2) is 6.66. The highest BCUT2D eigenvalue weighted by Crippen LogP contribution is 2.20. The minimum absolute atomic E-state index is 0.163. The van der Waals surface area contributed by atoms with Crippen LogP contribution in [0.2, 0.25) is 0 Å². The molecular weight excluding hydrogens is 240 g/mol. The van der Waals surface area contributed by atoms with Gasteiger partial charge in [-0.15, -0.1) is 0 Å². The van der Waals surface area contributed by atoms with Crippen molar-refractivity contribution in [1.29, 1.82) is 0 Å². The van der Waals surface area contributed by atoms with E-state index in [0.717, 1.165) is 17.7 Å². The minimum atomic E-state index is 0.163. The van der Waals surface area contributed by atoms with Gasteiger partial charge in [0.2, 0.25) is 0 Å². The number of rotatable bonds is 2. The molecule has 0 radical (unpaired) electrons. The fourth-order valence-corrected chi connectivity index (χ4v) is 2.29. The van der Waals surface area contributed by atoms with Gasteiger partial charge < -0.3 is 0 Å². The SMILES string of the molecule is CC(=O)SCCC#Cc1c(C)c(C)cc(C)c1C. The molecule has 1 rings (SSSR count). The van der Waals surface area contributed by atoms with Gasteiger partial charge in [-0.05, 0) is 49.9 Å². The smallest absolute Gasteiger partial charge is 0.185 e. The van der Waals surface area contributed by atoms with E-state index in [2.05, 4.69) is 45.6 Å². The monoisotopic (exact) mass is 260 g/mol. The molecule has 0 saturated carbocycles. The van der Waals surface area contributed by atoms with Crippen molar-refractivity contribution in [3.8, 4) is 11.8 Å². The molecule has 0 aliphatic heterocycles. The number of hydrogen-bond donors (Lipinski definition) is 0. The highest BCUT2D eigenvalue weighted by atomic mass is 32.2. The summed E-state index contributed by atoms with van der Waals surface area (Å²) in [6, 6.07) is 2.21. The predicted molar refractivity (Wildman–Crippen MR) is 80.0 cm³/mol. The van der Waals surface area contributed by atoms with Crippen LogP contribution in [-0.2, 0) is 4.79 Å². The molecule has 2 heteroatoms. The Hall–Kier alpha value is -1.20. The molecule has 0 unspecified atom stereocenters. The molecule has 18 heavy (non-hydrogen) atoms. The molecule has 96 valence electrons. The van der Waals surface area contributed by atoms with Crippen molar-refractivity contribution in [1.82, 2.24) is 0 Å². The normalized spacial score (nSPS) is 9.83. The first-order valence-electron chi connectivity index (χ1n) is 6.13. The number of thioether (sulfide) groups is 1. The molecule has 0 fully saturated rings. The molecule has 1 nitrogen and oxygen atoms in total. The third kappa shape index (κ3) is 3.92. The number of carbonyl (C=O) groups excluding carboxylic acids is 1. The van der Waals surface area contributed by atoms with Crippen molar-refractivity contribution in [3.05, 3.63) is 33.9 Å². The molecule has 0 N–H and O–H groups in total. The van der Waals surface area contributed by atoms with E-state index in [1.165, 1.54) is 34.0 Å². The second-order valence-electron chi connectivity index (χ2n) is 4.53. The lowest BCUT2D eigenvalue weighted by molar-refractivity contribution is -0.109. The summed E-state index contributed by atoms with van der Waals surface area (Å²) in [5.74, 6) is 7.22. The summed E-state index contributed by atoms with van der Waals surface area (Å²) in [7, 11) is 0. The van der Waals surface area contributed by atoms with Gasteiger partial charge in [0.05, 0.1) is 0 Å². The van der Waals surface area contributed by atoms with Crippen molar-refractivity contribution in [2.24, 2.45) is 0 Å². The van der Waals surface area contributed by atoms with Gasteiger partial charge in [0.15, 0.2) is 5.12 Å². The first-order valence-corrected chi connectivity index (χ1v) is 7.11. The van der Waals surface area contributed by atoms with E-state index in [1.54, 1.807) is 6.92 Å². The zero-order valence-corrected chi connectivity index (χ0v) is 12.6. The van der Waals surface area contributed by atoms with Gasteiger partial charge in [-0.25, -0.2) is 0 Å². The van der Waals surface area contributed by atoms with Crippen LogP contribution in [0.3, 0.4) is 0 Å². The van der Waals surface area contributed by atoms with E-state index in [-0.39, 0.29) is 5.12 Å². The summed E-state index contributed by atoms with van der Waals surface area (Å²) < 4.78 is 0. The molecule has 0 bridgehead atoms. The molecule has 0 atom stereocenters. The van der Waals surface area contributed by atoms with Crippen LogP contribution >= 0.6 is 11.8 Å². The summed E-state index contributed by atoms with van der Waals surface area (Å²) in [6.07, 6.45) is 0.760. The number of carbonyl (C=O) groups is 1. The van der Waals surface area contributed by atoms with Gasteiger partial charge in [0, 0.05) is 24.7 Å². The van der Waals surface area contributed by atoms with Crippen LogP contribution in [0.4, 0.5) is 0 Å². The van der Waals surface area contributed by atoms with Crippen molar-refractivity contribution in [3.63, 3.8) is 0 Å². The van der Waals surface area contributed by atoms with Gasteiger partial charge in [0.25, 0.3) is 0 Å². The number of hydrogen-bond acceptors (Lipinski definition) is 2. The summed E-state index contributed by atoms with van der Waals surface area (Å²) in [4.78, 5) is 10.8. The van der Waals surface area contributed by atoms with Crippen molar-refractivity contribution in [2.75, 3.05) is 5.75 Å². The average Bonchev–Trinajstić information content (AvgIpc) is 2.30. The lowest BCUT2D eigenvalue weighted by atomic mass is 9.94. The molecule has 1 aromatic rings. The topological polar surface area (TPSA) is 17.1 Å². The lowest BCUT2D eigenvalue weighted by Gasteiger charge is -2.10. The average molecular weight is 260 g/mol. The van der Waals surface area contributed by atoms with Crippen molar-refractivity contribution >= 4 is 16.9 Å². The Morgan fingerprint density at radius 2 is 1.72 bits per heavy atom. The Bertz CT molecular complexity index is 492. The molecular formula is C16H20OS. The van der Waals surface area contributed by atoms with Gasteiger partial charge in [-0.3, -0.25) is 4.79 Å². The highest BCUT2D eigenvalue weighted by Gasteiger charge is 2.05. The quantitative estimate of drug-likeness (QED) is 0.592. The van der Waals surface area contributed by atoms with Crippen LogP contribution in [0.5, 0.6) is 0 Å². The van der Waals surface area contributed by atoms with E-state index in [0.29, 0.717) is 0 Å². The standard InChI is InChI=1S/C16H20OS/c1-11-10-12(2)14(4)16(13(11)3)8-6-7-9-18-15(5)17/h10H,7,9H2,1-5H3. The van der Waals surface area contributed by atoms with Gasteiger partial charge in [0.1, 0.15) is 0 Å². The third-order valence-corrected chi connectivity index (χ3v) is 3.93. The van der Waals surface area contributed by atoms with Gasteiger partial charge in [-0.1, -0.05) is 29.7 Å². The minimum Gasteiger partial charge on any atom is -0.288 e. The molecule has 0 heterocycles. The summed E-state index contributed by atoms with van der Waals surface area (Å²) >= 11 is 1.34. The maximum Gasteiger partial charge on any atom is 0.185 e. The van der Waals surface area contributed by atoms with Crippen LogP contribution < -0.4 is 0 Å². The zero-order chi connectivity index (χ0) is 13.7. The van der Waals surface area contributed by atoms with E-state index in [1.807, 2.05) is 0 Å². The number of aryl methyl sites for hydroxylation is 2. The van der Waals surface area contributed by atoms with E-state index < -0.39 is 0 Å². The van der Waals surface area contributed by atoms with Crippen molar-refractivity contribution in [2.45, 2.75) is 41.0 Å². The van der Waals surface area contributed by atoms with Gasteiger partial charge >= 0.3 is 0 Å². The molecule has 0 amide bonds. The first-order chi connectivity index (χ1) is 8.43. The van der Waals surface area contributed by atoms with Crippen LogP contribution in [-0.4, -0.2) is 10.9 Å². The summed E-state index contributed by atoms with van der Waals surface area (Å²) in [5.41, 5.74) is 6.27. The molecule has 0 saturated heterocycles. The molecule has 1 aromatic carbocycles. The number of benzene rings is 1. The van der Waals surface area contributed by atoms with E-state index in [4.69, 9.17) is 0 Å². The van der Waals surface area contributed by atoms with E-state index >= 15 is 0 Å². The molecule has 0 spiro atoms. The Morgan fingerprint density at radius 1 is 1.17 bits per heavy atom. The highest BCUT2D eigenvalue weighted by molar-refractivity contribution is 8.13. The first kappa shape index (κ1) is 14.9. The summed E-state index contributed by atoms with van der Waals surface area (Å²) in [6.45, 7) is 10.1. The van der Waals surface area contributed by atoms with Crippen LogP contribution in [0, 0.1) is 39.5 Å². The van der Waals surface area contributed by atoms with Crippen LogP contribution in [0.1, 0.15) is 41.2 Å². The molecule has 0 aliphatic rings. The summed E-state index contributed by atoms with van der Waals surface area (Å²) in [5, 5.41) is 0.163. The second-order valence-corrected chi connectivity index (χ2v) is 5.80. The Morgan fingerprint density at radius 3 is 2.22 bits per heavy atom. The van der Waals surface area contributed by atoms with Crippen LogP contribution in [0.25, 0.3) is 0 Å². The maximum absolute atomic E-state index is 10.8. The van der Waals surface area contributed by atoms with Crippen molar-refractivity contribution < 1.29 is 4.79 Å². The Balaban J connectivity index is 2.85. The fraction of sp³-hybridized carbons (Fsp3) is 0.438. The van der Waals surface area contributed by atoms with Crippen LogP contribution in [0.15, 0.2) is 6.07 Å². The maximum atomic E-state index is 10.8. The zero-order valence-electron chi connectivity index (χ0n) is 11.8. The van der Waals surface area contributed by atoms with E-state index in [9.17, 15) is 4.79 Å². The molecule has 0 aromatic heterocycles. The third-order valence-electron chi connectivity index (χ3n) is 3.11. The fourth-order valence-electron chi connectivity index (χ4n) is 1.80.